The Morgan fingerprint density at radius 1 is 1.32 bits per heavy atom. The zero-order valence-electron chi connectivity index (χ0n) is 10.1. The van der Waals surface area contributed by atoms with Crippen LogP contribution in [0, 0.1) is 0 Å². The lowest BCUT2D eigenvalue weighted by atomic mass is 10.3. The third-order valence-corrected chi connectivity index (χ3v) is 3.37. The number of para-hydroxylation sites is 1. The maximum absolute atomic E-state index is 11.6. The van der Waals surface area contributed by atoms with Crippen molar-refractivity contribution >= 4 is 23.1 Å². The topological polar surface area (TPSA) is 76.5 Å². The lowest BCUT2D eigenvalue weighted by Crippen LogP contribution is -1.96. The molecule has 98 valence electrons. The van der Waals surface area contributed by atoms with E-state index in [1.807, 2.05) is 6.07 Å². The number of carboxylic acids is 1. The van der Waals surface area contributed by atoms with Crippen LogP contribution in [0.3, 0.4) is 0 Å². The number of carboxylic acid groups (broad SMARTS) is 1. The quantitative estimate of drug-likeness (QED) is 0.849. The molecule has 0 radical (unpaired) electrons. The molecule has 0 aliphatic carbocycles. The van der Waals surface area contributed by atoms with Crippen molar-refractivity contribution in [3.05, 3.63) is 40.2 Å². The highest BCUT2D eigenvalue weighted by Gasteiger charge is 2.22. The third kappa shape index (κ3) is 2.97. The fourth-order valence-electron chi connectivity index (χ4n) is 1.38. The van der Waals surface area contributed by atoms with Gasteiger partial charge in [-0.25, -0.2) is 4.79 Å². The van der Waals surface area contributed by atoms with Gasteiger partial charge in [0.05, 0.1) is 0 Å². The van der Waals surface area contributed by atoms with Crippen molar-refractivity contribution in [1.82, 2.24) is 4.98 Å². The molecule has 1 aromatic heterocycles. The van der Waals surface area contributed by atoms with Crippen LogP contribution in [0.4, 0.5) is 0 Å². The Kier molecular flexibility index (Phi) is 3.91. The SMILES string of the molecule is CCC(=O)c1nc(Oc2ccccc2)c(C(=O)O)s1. The number of ketones is 1. The second kappa shape index (κ2) is 5.62. The summed E-state index contributed by atoms with van der Waals surface area (Å²) in [5.74, 6) is -0.916. The molecule has 0 saturated carbocycles. The van der Waals surface area contributed by atoms with Gasteiger partial charge in [0.15, 0.2) is 15.7 Å². The van der Waals surface area contributed by atoms with Crippen molar-refractivity contribution in [3.8, 4) is 11.6 Å². The summed E-state index contributed by atoms with van der Waals surface area (Å²) in [5.41, 5.74) is 0. The van der Waals surface area contributed by atoms with E-state index >= 15 is 0 Å². The molecule has 0 bridgehead atoms. The maximum Gasteiger partial charge on any atom is 0.351 e. The molecule has 5 nitrogen and oxygen atoms in total. The number of ether oxygens (including phenoxy) is 1. The van der Waals surface area contributed by atoms with Crippen LogP contribution < -0.4 is 4.74 Å². The molecule has 0 aliphatic rings. The highest BCUT2D eigenvalue weighted by molar-refractivity contribution is 7.15. The fraction of sp³-hybridized carbons (Fsp3) is 0.154. The molecule has 0 fully saturated rings. The number of rotatable bonds is 5. The molecule has 2 rings (SSSR count). The van der Waals surface area contributed by atoms with Crippen LogP contribution in [-0.4, -0.2) is 21.8 Å². The van der Waals surface area contributed by atoms with Crippen molar-refractivity contribution in [2.45, 2.75) is 13.3 Å². The van der Waals surface area contributed by atoms with Gasteiger partial charge < -0.3 is 9.84 Å². The molecule has 1 aromatic carbocycles. The molecule has 0 unspecified atom stereocenters. The second-order valence-electron chi connectivity index (χ2n) is 3.65. The lowest BCUT2D eigenvalue weighted by Gasteiger charge is -2.02. The maximum atomic E-state index is 11.6. The molecule has 6 heteroatoms. The average molecular weight is 277 g/mol. The molecule has 0 aliphatic heterocycles. The summed E-state index contributed by atoms with van der Waals surface area (Å²) < 4.78 is 5.41. The minimum atomic E-state index is -1.15. The van der Waals surface area contributed by atoms with Crippen LogP contribution in [0.15, 0.2) is 30.3 Å². The zero-order valence-corrected chi connectivity index (χ0v) is 10.9. The molecular formula is C13H11NO4S. The molecule has 19 heavy (non-hydrogen) atoms. The van der Waals surface area contributed by atoms with Crippen LogP contribution in [-0.2, 0) is 0 Å². The van der Waals surface area contributed by atoms with Gasteiger partial charge in [0.1, 0.15) is 5.75 Å². The first-order valence-corrected chi connectivity index (χ1v) is 6.43. The number of aromatic carboxylic acids is 1. The zero-order chi connectivity index (χ0) is 13.8. The van der Waals surface area contributed by atoms with E-state index in [4.69, 9.17) is 9.84 Å². The predicted molar refractivity (Wildman–Crippen MR) is 70.2 cm³/mol. The Labute approximate surface area is 113 Å². The average Bonchev–Trinajstić information content (AvgIpc) is 2.83. The number of benzene rings is 1. The number of nitrogens with zero attached hydrogens (tertiary/aromatic N) is 1. The van der Waals surface area contributed by atoms with Crippen LogP contribution in [0.1, 0.15) is 32.8 Å². The number of carbonyl (C=O) groups excluding carboxylic acids is 1. The number of hydrogen-bond acceptors (Lipinski definition) is 5. The summed E-state index contributed by atoms with van der Waals surface area (Å²) in [4.78, 5) is 26.6. The molecular weight excluding hydrogens is 266 g/mol. The highest BCUT2D eigenvalue weighted by Crippen LogP contribution is 2.30. The first kappa shape index (κ1) is 13.2. The minimum absolute atomic E-state index is 0.0412. The van der Waals surface area contributed by atoms with Gasteiger partial charge in [0.2, 0.25) is 5.88 Å². The van der Waals surface area contributed by atoms with Crippen LogP contribution in [0.2, 0.25) is 0 Å². The summed E-state index contributed by atoms with van der Waals surface area (Å²) in [6.07, 6.45) is 0.275. The van der Waals surface area contributed by atoms with Gasteiger partial charge >= 0.3 is 5.97 Å². The van der Waals surface area contributed by atoms with Crippen molar-refractivity contribution in [1.29, 1.82) is 0 Å². The molecule has 0 amide bonds. The molecule has 1 N–H and O–H groups in total. The van der Waals surface area contributed by atoms with Gasteiger partial charge in [-0.15, -0.1) is 0 Å². The lowest BCUT2D eigenvalue weighted by molar-refractivity contribution is 0.0699. The minimum Gasteiger partial charge on any atom is -0.477 e. The molecule has 0 atom stereocenters. The van der Waals surface area contributed by atoms with Crippen molar-refractivity contribution in [3.63, 3.8) is 0 Å². The van der Waals surface area contributed by atoms with E-state index in [1.165, 1.54) is 0 Å². The first-order valence-electron chi connectivity index (χ1n) is 5.62. The normalized spacial score (nSPS) is 10.2. The van der Waals surface area contributed by atoms with Gasteiger partial charge in [0.25, 0.3) is 0 Å². The van der Waals surface area contributed by atoms with E-state index < -0.39 is 5.97 Å². The Balaban J connectivity index is 2.36. The standard InChI is InChI=1S/C13H11NO4S/c1-2-9(15)12-14-11(10(19-12)13(16)17)18-8-6-4-3-5-7-8/h3-7H,2H2,1H3,(H,16,17). The summed E-state index contributed by atoms with van der Waals surface area (Å²) in [6.45, 7) is 1.70. The van der Waals surface area contributed by atoms with Gasteiger partial charge in [-0.05, 0) is 12.1 Å². The van der Waals surface area contributed by atoms with Gasteiger partial charge in [-0.1, -0.05) is 36.5 Å². The van der Waals surface area contributed by atoms with E-state index in [0.717, 1.165) is 11.3 Å². The Morgan fingerprint density at radius 2 is 2.00 bits per heavy atom. The Hall–Kier alpha value is -2.21. The monoisotopic (exact) mass is 277 g/mol. The van der Waals surface area contributed by atoms with E-state index in [2.05, 4.69) is 4.98 Å². The highest BCUT2D eigenvalue weighted by atomic mass is 32.1. The van der Waals surface area contributed by atoms with E-state index in [9.17, 15) is 9.59 Å². The number of hydrogen-bond donors (Lipinski definition) is 1. The third-order valence-electron chi connectivity index (χ3n) is 2.31. The van der Waals surface area contributed by atoms with Crippen molar-refractivity contribution in [2.24, 2.45) is 0 Å². The van der Waals surface area contributed by atoms with Crippen LogP contribution >= 0.6 is 11.3 Å². The molecule has 0 spiro atoms. The summed E-state index contributed by atoms with van der Waals surface area (Å²) in [7, 11) is 0. The van der Waals surface area contributed by atoms with Gasteiger partial charge in [-0.3, -0.25) is 4.79 Å². The largest absolute Gasteiger partial charge is 0.477 e. The van der Waals surface area contributed by atoms with Crippen molar-refractivity contribution in [2.75, 3.05) is 0 Å². The molecule has 0 saturated heterocycles. The second-order valence-corrected chi connectivity index (χ2v) is 4.65. The predicted octanol–water partition coefficient (Wildman–Crippen LogP) is 3.23. The van der Waals surface area contributed by atoms with Gasteiger partial charge in [0, 0.05) is 6.42 Å². The van der Waals surface area contributed by atoms with Gasteiger partial charge in [-0.2, -0.15) is 4.98 Å². The van der Waals surface area contributed by atoms with Crippen LogP contribution in [0.5, 0.6) is 11.6 Å². The van der Waals surface area contributed by atoms with Crippen LogP contribution in [0.25, 0.3) is 0 Å². The van der Waals surface area contributed by atoms with E-state index in [-0.39, 0.29) is 28.0 Å². The first-order chi connectivity index (χ1) is 9.11. The van der Waals surface area contributed by atoms with E-state index in [0.29, 0.717) is 5.75 Å². The molecule has 2 aromatic rings. The Bertz CT molecular complexity index is 606. The summed E-state index contributed by atoms with van der Waals surface area (Å²) in [6, 6.07) is 8.72. The Morgan fingerprint density at radius 3 is 2.58 bits per heavy atom. The molecule has 1 heterocycles. The summed E-state index contributed by atoms with van der Waals surface area (Å²) in [5, 5.41) is 9.25. The van der Waals surface area contributed by atoms with Crippen molar-refractivity contribution < 1.29 is 19.4 Å². The number of Topliss-reactive ketones (excluding diaryl/α,β-unsaturated/α-hetero) is 1. The number of carbonyl (C=O) groups is 2. The smallest absolute Gasteiger partial charge is 0.351 e. The summed E-state index contributed by atoms with van der Waals surface area (Å²) >= 11 is 0.834. The number of thiazole rings is 1. The number of aromatic nitrogens is 1. The van der Waals surface area contributed by atoms with E-state index in [1.54, 1.807) is 31.2 Å². The fourth-order valence-corrected chi connectivity index (χ4v) is 2.22.